The van der Waals surface area contributed by atoms with Crippen molar-refractivity contribution in [2.24, 2.45) is 5.92 Å². The van der Waals surface area contributed by atoms with Gasteiger partial charge in [0.1, 0.15) is 17.5 Å². The maximum Gasteiger partial charge on any atom is 0.260 e. The Morgan fingerprint density at radius 2 is 1.75 bits per heavy atom. The van der Waals surface area contributed by atoms with E-state index < -0.39 is 58.3 Å². The number of halogens is 4. The van der Waals surface area contributed by atoms with Gasteiger partial charge in [-0.05, 0) is 72.2 Å². The van der Waals surface area contributed by atoms with E-state index in [2.05, 4.69) is 34.3 Å². The summed E-state index contributed by atoms with van der Waals surface area (Å²) >= 11 is 0. The van der Waals surface area contributed by atoms with E-state index in [0.29, 0.717) is 29.1 Å². The molecule has 0 unspecified atom stereocenters. The number of rotatable bonds is 7. The zero-order valence-electron chi connectivity index (χ0n) is 22.8. The standard InChI is InChI=1S/C28H32F4N6O2/c1-13(2)38-25-14(12-33-28(36-25)34-15-5-7-16(8-6-15)37(3)4)9-18(27(38)40)17-10-21(30)24(23(32)22(17)31)35-26(39)19-11-20(19)29/h9-10,12-13,15-16,19-20H,5-8,11H2,1-4H3,(H,35,39)(H,33,34,36)/t15-,16-,19-,20-/m0/s1. The molecule has 0 bridgehead atoms. The number of nitrogens with one attached hydrogen (secondary N) is 2. The molecule has 1 aromatic carbocycles. The Bertz CT molecular complexity index is 1520. The Labute approximate surface area is 228 Å². The van der Waals surface area contributed by atoms with Crippen molar-refractivity contribution in [3.8, 4) is 11.1 Å². The minimum absolute atomic E-state index is 0.0572. The van der Waals surface area contributed by atoms with Gasteiger partial charge in [-0.15, -0.1) is 0 Å². The van der Waals surface area contributed by atoms with Crippen LogP contribution in [-0.4, -0.2) is 57.7 Å². The number of fused-ring (bicyclic) bond motifs is 1. The van der Waals surface area contributed by atoms with Crippen molar-refractivity contribution < 1.29 is 22.4 Å². The van der Waals surface area contributed by atoms with Crippen LogP contribution in [0.15, 0.2) is 23.1 Å². The molecule has 2 aromatic heterocycles. The van der Waals surface area contributed by atoms with Crippen LogP contribution in [0.3, 0.4) is 0 Å². The minimum Gasteiger partial charge on any atom is -0.351 e. The number of hydrogen-bond donors (Lipinski definition) is 2. The Kier molecular flexibility index (Phi) is 7.56. The second-order valence-electron chi connectivity index (χ2n) is 11.2. The molecule has 2 saturated carbocycles. The van der Waals surface area contributed by atoms with E-state index in [1.165, 1.54) is 16.8 Å². The fourth-order valence-corrected chi connectivity index (χ4v) is 5.34. The van der Waals surface area contributed by atoms with Crippen LogP contribution in [0, 0.1) is 23.4 Å². The van der Waals surface area contributed by atoms with Crippen LogP contribution in [-0.2, 0) is 4.79 Å². The Morgan fingerprint density at radius 3 is 2.35 bits per heavy atom. The highest BCUT2D eigenvalue weighted by atomic mass is 19.2. The number of anilines is 2. The summed E-state index contributed by atoms with van der Waals surface area (Å²) in [6.45, 7) is 3.49. The van der Waals surface area contributed by atoms with Crippen molar-refractivity contribution in [1.82, 2.24) is 19.4 Å². The third kappa shape index (κ3) is 5.28. The highest BCUT2D eigenvalue weighted by Gasteiger charge is 2.44. The molecule has 0 radical (unpaired) electrons. The van der Waals surface area contributed by atoms with E-state index in [9.17, 15) is 22.8 Å². The monoisotopic (exact) mass is 560 g/mol. The molecule has 0 aliphatic heterocycles. The summed E-state index contributed by atoms with van der Waals surface area (Å²) in [4.78, 5) is 36.7. The molecule has 2 fully saturated rings. The van der Waals surface area contributed by atoms with Gasteiger partial charge in [0.15, 0.2) is 17.5 Å². The van der Waals surface area contributed by atoms with Gasteiger partial charge in [0.25, 0.3) is 5.56 Å². The summed E-state index contributed by atoms with van der Waals surface area (Å²) in [7, 11) is 4.14. The number of hydrogen-bond acceptors (Lipinski definition) is 6. The van der Waals surface area contributed by atoms with Gasteiger partial charge in [-0.3, -0.25) is 14.2 Å². The van der Waals surface area contributed by atoms with Gasteiger partial charge < -0.3 is 15.5 Å². The van der Waals surface area contributed by atoms with Crippen LogP contribution >= 0.6 is 0 Å². The van der Waals surface area contributed by atoms with Gasteiger partial charge >= 0.3 is 0 Å². The SMILES string of the molecule is CC(C)n1c(=O)c(-c2cc(F)c(NC(=O)[C@H]3C[C@@H]3F)c(F)c2F)cc2cnc(N[C@H]3CC[C@H](N(C)C)CC3)nc21. The molecule has 12 heteroatoms. The summed E-state index contributed by atoms with van der Waals surface area (Å²) < 4.78 is 59.6. The van der Waals surface area contributed by atoms with Crippen LogP contribution in [0.4, 0.5) is 29.2 Å². The summed E-state index contributed by atoms with van der Waals surface area (Å²) in [5.41, 5.74) is -2.30. The molecule has 2 aliphatic carbocycles. The summed E-state index contributed by atoms with van der Waals surface area (Å²) in [6, 6.07) is 2.25. The van der Waals surface area contributed by atoms with Crippen molar-refractivity contribution in [3.63, 3.8) is 0 Å². The number of pyridine rings is 1. The second-order valence-corrected chi connectivity index (χ2v) is 11.2. The van der Waals surface area contributed by atoms with E-state index in [-0.39, 0.29) is 18.0 Å². The molecule has 5 rings (SSSR count). The molecule has 0 spiro atoms. The Hall–Kier alpha value is -3.54. The average Bonchev–Trinajstić information content (AvgIpc) is 3.65. The van der Waals surface area contributed by atoms with Gasteiger partial charge in [-0.25, -0.2) is 22.5 Å². The third-order valence-electron chi connectivity index (χ3n) is 7.80. The lowest BCUT2D eigenvalue weighted by Gasteiger charge is -2.33. The molecule has 0 saturated heterocycles. The number of carbonyl (C=O) groups is 1. The first-order valence-electron chi connectivity index (χ1n) is 13.4. The predicted molar refractivity (Wildman–Crippen MR) is 144 cm³/mol. The lowest BCUT2D eigenvalue weighted by Crippen LogP contribution is -2.36. The quantitative estimate of drug-likeness (QED) is 0.311. The Morgan fingerprint density at radius 1 is 1.07 bits per heavy atom. The second kappa shape index (κ2) is 10.8. The molecule has 2 aliphatic rings. The summed E-state index contributed by atoms with van der Waals surface area (Å²) in [6.07, 6.45) is 4.01. The first-order valence-corrected chi connectivity index (χ1v) is 13.4. The van der Waals surface area contributed by atoms with Crippen LogP contribution < -0.4 is 16.2 Å². The first-order chi connectivity index (χ1) is 19.0. The van der Waals surface area contributed by atoms with E-state index in [4.69, 9.17) is 0 Å². The number of nitrogens with zero attached hydrogens (tertiary/aromatic N) is 4. The van der Waals surface area contributed by atoms with Crippen molar-refractivity contribution >= 4 is 28.6 Å². The van der Waals surface area contributed by atoms with Gasteiger partial charge in [0.05, 0.1) is 11.5 Å². The van der Waals surface area contributed by atoms with E-state index in [1.54, 1.807) is 13.8 Å². The van der Waals surface area contributed by atoms with Gasteiger partial charge in [-0.2, -0.15) is 4.98 Å². The molecule has 214 valence electrons. The molecule has 8 nitrogen and oxygen atoms in total. The fourth-order valence-electron chi connectivity index (χ4n) is 5.34. The van der Waals surface area contributed by atoms with Crippen molar-refractivity contribution in [2.75, 3.05) is 24.7 Å². The zero-order valence-corrected chi connectivity index (χ0v) is 22.8. The lowest BCUT2D eigenvalue weighted by molar-refractivity contribution is -0.117. The molecule has 3 aromatic rings. The van der Waals surface area contributed by atoms with Gasteiger partial charge in [-0.1, -0.05) is 0 Å². The molecule has 2 heterocycles. The topological polar surface area (TPSA) is 92.1 Å². The van der Waals surface area contributed by atoms with Crippen molar-refractivity contribution in [1.29, 1.82) is 0 Å². The summed E-state index contributed by atoms with van der Waals surface area (Å²) in [5.74, 6) is -6.06. The molecular formula is C28H32F4N6O2. The normalized spacial score (nSPS) is 22.6. The van der Waals surface area contributed by atoms with E-state index in [1.807, 2.05) is 5.32 Å². The molecular weight excluding hydrogens is 528 g/mol. The summed E-state index contributed by atoms with van der Waals surface area (Å²) in [5, 5.41) is 5.66. The average molecular weight is 561 g/mol. The third-order valence-corrected chi connectivity index (χ3v) is 7.80. The first kappa shape index (κ1) is 28.0. The number of amides is 1. The number of benzene rings is 1. The van der Waals surface area contributed by atoms with Gasteiger partial charge in [0.2, 0.25) is 11.9 Å². The molecule has 2 atom stereocenters. The van der Waals surface area contributed by atoms with E-state index in [0.717, 1.165) is 25.7 Å². The number of aromatic nitrogens is 3. The highest BCUT2D eigenvalue weighted by Crippen LogP contribution is 2.37. The fraction of sp³-hybridized carbons (Fsp3) is 0.500. The number of alkyl halides is 1. The molecule has 40 heavy (non-hydrogen) atoms. The smallest absolute Gasteiger partial charge is 0.260 e. The predicted octanol–water partition coefficient (Wildman–Crippen LogP) is 5.04. The van der Waals surface area contributed by atoms with Crippen LogP contribution in [0.5, 0.6) is 0 Å². The van der Waals surface area contributed by atoms with Gasteiger partial charge in [0, 0.05) is 35.3 Å². The minimum atomic E-state index is -1.67. The maximum atomic E-state index is 15.2. The Balaban J connectivity index is 1.49. The maximum absolute atomic E-state index is 15.2. The van der Waals surface area contributed by atoms with Crippen molar-refractivity contribution in [2.45, 2.75) is 70.2 Å². The largest absolute Gasteiger partial charge is 0.351 e. The van der Waals surface area contributed by atoms with Crippen LogP contribution in [0.25, 0.3) is 22.2 Å². The van der Waals surface area contributed by atoms with Crippen LogP contribution in [0.1, 0.15) is 52.0 Å². The van der Waals surface area contributed by atoms with Crippen molar-refractivity contribution in [3.05, 3.63) is 46.1 Å². The van der Waals surface area contributed by atoms with E-state index >= 15 is 4.39 Å². The lowest BCUT2D eigenvalue weighted by atomic mass is 9.91. The molecule has 1 amide bonds. The molecule has 2 N–H and O–H groups in total. The zero-order chi connectivity index (χ0) is 28.9. The van der Waals surface area contributed by atoms with Crippen LogP contribution in [0.2, 0.25) is 0 Å². The highest BCUT2D eigenvalue weighted by molar-refractivity contribution is 5.95. The number of carbonyl (C=O) groups excluding carboxylic acids is 1.